The summed E-state index contributed by atoms with van der Waals surface area (Å²) in [4.78, 5) is 37.3. The molecule has 0 radical (unpaired) electrons. The monoisotopic (exact) mass is 365 g/mol. The van der Waals surface area contributed by atoms with Gasteiger partial charge in [-0.15, -0.1) is 0 Å². The lowest BCUT2D eigenvalue weighted by atomic mass is 10.0. The molecule has 0 saturated carbocycles. The van der Waals surface area contributed by atoms with E-state index in [1.54, 1.807) is 11.0 Å². The van der Waals surface area contributed by atoms with E-state index < -0.39 is 22.8 Å². The normalized spacial score (nSPS) is 18.7. The Morgan fingerprint density at radius 1 is 1.15 bits per heavy atom. The van der Waals surface area contributed by atoms with Crippen LogP contribution in [-0.4, -0.2) is 34.5 Å². The molecule has 27 heavy (non-hydrogen) atoms. The van der Waals surface area contributed by atoms with Gasteiger partial charge in [-0.25, -0.2) is 0 Å². The molecule has 2 aromatic carbocycles. The maximum atomic E-state index is 12.6. The molecule has 0 fully saturated rings. The van der Waals surface area contributed by atoms with Crippen LogP contribution in [0.25, 0.3) is 5.57 Å². The number of rotatable bonds is 4. The van der Waals surface area contributed by atoms with Crippen LogP contribution in [0.3, 0.4) is 0 Å². The molecule has 8 heteroatoms. The van der Waals surface area contributed by atoms with Gasteiger partial charge < -0.3 is 10.0 Å². The lowest BCUT2D eigenvalue weighted by Gasteiger charge is -2.26. The fourth-order valence-corrected chi connectivity index (χ4v) is 3.63. The van der Waals surface area contributed by atoms with Crippen molar-refractivity contribution in [1.29, 1.82) is 0 Å². The molecule has 0 bridgehead atoms. The number of nitro benzene ring substituents is 1. The fourth-order valence-electron chi connectivity index (χ4n) is 3.63. The van der Waals surface area contributed by atoms with Crippen molar-refractivity contribution >= 4 is 28.8 Å². The quantitative estimate of drug-likeness (QED) is 0.481. The van der Waals surface area contributed by atoms with E-state index in [-0.39, 0.29) is 29.1 Å². The molecule has 0 aromatic heterocycles. The average molecular weight is 365 g/mol. The molecule has 0 spiro atoms. The highest BCUT2D eigenvalue weighted by Crippen LogP contribution is 2.39. The number of hydrogen-bond donors (Lipinski definition) is 2. The second-order valence-electron chi connectivity index (χ2n) is 6.35. The molecule has 4 rings (SSSR count). The van der Waals surface area contributed by atoms with Crippen molar-refractivity contribution in [2.24, 2.45) is 0 Å². The first-order valence-corrected chi connectivity index (χ1v) is 8.34. The second-order valence-corrected chi connectivity index (χ2v) is 6.35. The predicted molar refractivity (Wildman–Crippen MR) is 96.7 cm³/mol. The smallest absolute Gasteiger partial charge is 0.275 e. The van der Waals surface area contributed by atoms with E-state index in [1.165, 1.54) is 18.2 Å². The topological polar surface area (TPSA) is 113 Å². The molecule has 2 aliphatic heterocycles. The van der Waals surface area contributed by atoms with Crippen molar-refractivity contribution < 1.29 is 19.6 Å². The van der Waals surface area contributed by atoms with E-state index in [9.17, 15) is 24.8 Å². The Bertz CT molecular complexity index is 1010. The summed E-state index contributed by atoms with van der Waals surface area (Å²) >= 11 is 0. The maximum absolute atomic E-state index is 12.6. The Morgan fingerprint density at radius 3 is 2.67 bits per heavy atom. The number of hydrogen-bond acceptors (Lipinski definition) is 6. The van der Waals surface area contributed by atoms with E-state index in [4.69, 9.17) is 0 Å². The van der Waals surface area contributed by atoms with Crippen molar-refractivity contribution in [3.63, 3.8) is 0 Å². The number of aliphatic hydroxyl groups excluding tert-OH is 1. The van der Waals surface area contributed by atoms with Crippen LogP contribution in [-0.2, 0) is 16.0 Å². The predicted octanol–water partition coefficient (Wildman–Crippen LogP) is 1.39. The summed E-state index contributed by atoms with van der Waals surface area (Å²) in [6.07, 6.45) is 0.528. The number of nitrogens with one attached hydrogen (secondary N) is 1. The molecule has 136 valence electrons. The molecule has 0 saturated heterocycles. The van der Waals surface area contributed by atoms with Gasteiger partial charge in [0.1, 0.15) is 5.70 Å². The van der Waals surface area contributed by atoms with Crippen LogP contribution in [0.2, 0.25) is 0 Å². The highest BCUT2D eigenvalue weighted by molar-refractivity contribution is 6.37. The van der Waals surface area contributed by atoms with Gasteiger partial charge in [0.05, 0.1) is 23.1 Å². The number of fused-ring (bicyclic) bond motifs is 1. The first-order valence-electron chi connectivity index (χ1n) is 8.34. The van der Waals surface area contributed by atoms with E-state index in [2.05, 4.69) is 5.32 Å². The Hall–Kier alpha value is -3.52. The standard InChI is InChI=1S/C19H15N3O5/c23-10-14-8-11-4-1-2-7-15(11)21(14)17-16(18(24)20-19(17)25)12-5-3-6-13(9-12)22(26)27/h1-7,9,14,23H,8,10H2,(H,20,24,25). The molecular formula is C19H15N3O5. The van der Waals surface area contributed by atoms with Gasteiger partial charge in [0.15, 0.2) is 0 Å². The Morgan fingerprint density at radius 2 is 1.93 bits per heavy atom. The van der Waals surface area contributed by atoms with Gasteiger partial charge in [-0.05, 0) is 23.6 Å². The largest absolute Gasteiger partial charge is 0.394 e. The molecule has 1 atom stereocenters. The van der Waals surface area contributed by atoms with Crippen LogP contribution in [0.5, 0.6) is 0 Å². The number of para-hydroxylation sites is 1. The number of non-ortho nitro benzene ring substituents is 1. The minimum Gasteiger partial charge on any atom is -0.394 e. The Balaban J connectivity index is 1.93. The number of nitro groups is 1. The zero-order valence-corrected chi connectivity index (χ0v) is 14.1. The number of carbonyl (C=O) groups is 2. The zero-order valence-electron chi connectivity index (χ0n) is 14.1. The number of benzene rings is 2. The molecule has 0 aliphatic carbocycles. The Kier molecular flexibility index (Phi) is 3.97. The minimum absolute atomic E-state index is 0.0684. The number of aliphatic hydroxyl groups is 1. The van der Waals surface area contributed by atoms with Crippen LogP contribution in [0.4, 0.5) is 11.4 Å². The molecule has 2 aromatic rings. The van der Waals surface area contributed by atoms with Crippen molar-refractivity contribution in [3.05, 3.63) is 75.5 Å². The Labute approximate surface area is 153 Å². The summed E-state index contributed by atoms with van der Waals surface area (Å²) in [5, 5.41) is 23.2. The fraction of sp³-hybridized carbons (Fsp3) is 0.158. The van der Waals surface area contributed by atoms with Gasteiger partial charge in [0.2, 0.25) is 0 Å². The average Bonchev–Trinajstić information content (AvgIpc) is 3.17. The van der Waals surface area contributed by atoms with Gasteiger partial charge >= 0.3 is 0 Å². The van der Waals surface area contributed by atoms with Crippen LogP contribution < -0.4 is 10.2 Å². The molecule has 8 nitrogen and oxygen atoms in total. The van der Waals surface area contributed by atoms with Crippen molar-refractivity contribution in [1.82, 2.24) is 5.32 Å². The van der Waals surface area contributed by atoms with E-state index in [0.29, 0.717) is 6.42 Å². The van der Waals surface area contributed by atoms with Crippen molar-refractivity contribution in [2.75, 3.05) is 11.5 Å². The highest BCUT2D eigenvalue weighted by atomic mass is 16.6. The van der Waals surface area contributed by atoms with Gasteiger partial charge in [-0.2, -0.15) is 0 Å². The van der Waals surface area contributed by atoms with Crippen molar-refractivity contribution in [3.8, 4) is 0 Å². The summed E-state index contributed by atoms with van der Waals surface area (Å²) in [5.41, 5.74) is 1.97. The van der Waals surface area contributed by atoms with Crippen LogP contribution in [0.15, 0.2) is 54.2 Å². The molecule has 2 amide bonds. The number of carbonyl (C=O) groups excluding carboxylic acids is 2. The van der Waals surface area contributed by atoms with E-state index in [1.807, 2.05) is 24.3 Å². The summed E-state index contributed by atoms with van der Waals surface area (Å²) < 4.78 is 0. The number of amides is 2. The number of anilines is 1. The minimum atomic E-state index is -0.614. The molecule has 1 unspecified atom stereocenters. The lowest BCUT2D eigenvalue weighted by molar-refractivity contribution is -0.384. The van der Waals surface area contributed by atoms with Crippen LogP contribution in [0.1, 0.15) is 11.1 Å². The SMILES string of the molecule is O=C1NC(=O)C(N2c3ccccc3CC2CO)=C1c1cccc([N+](=O)[O-])c1. The van der Waals surface area contributed by atoms with Gasteiger partial charge in [-0.1, -0.05) is 30.3 Å². The summed E-state index contributed by atoms with van der Waals surface area (Å²) in [6.45, 7) is -0.206. The maximum Gasteiger partial charge on any atom is 0.275 e. The summed E-state index contributed by atoms with van der Waals surface area (Å²) in [5.74, 6) is -1.20. The third-order valence-corrected chi connectivity index (χ3v) is 4.78. The van der Waals surface area contributed by atoms with E-state index in [0.717, 1.165) is 11.3 Å². The van der Waals surface area contributed by atoms with Crippen molar-refractivity contribution in [2.45, 2.75) is 12.5 Å². The number of imide groups is 1. The summed E-state index contributed by atoms with van der Waals surface area (Å²) in [6, 6.07) is 12.6. The third kappa shape index (κ3) is 2.67. The van der Waals surface area contributed by atoms with Gasteiger partial charge in [0, 0.05) is 17.8 Å². The third-order valence-electron chi connectivity index (χ3n) is 4.78. The lowest BCUT2D eigenvalue weighted by Crippen LogP contribution is -2.38. The molecule has 2 aliphatic rings. The van der Waals surface area contributed by atoms with Gasteiger partial charge in [0.25, 0.3) is 17.5 Å². The zero-order chi connectivity index (χ0) is 19.1. The first kappa shape index (κ1) is 16.9. The van der Waals surface area contributed by atoms with Crippen LogP contribution in [0, 0.1) is 10.1 Å². The van der Waals surface area contributed by atoms with Gasteiger partial charge in [-0.3, -0.25) is 25.0 Å². The van der Waals surface area contributed by atoms with Crippen LogP contribution >= 0.6 is 0 Å². The highest BCUT2D eigenvalue weighted by Gasteiger charge is 2.41. The summed E-state index contributed by atoms with van der Waals surface area (Å²) in [7, 11) is 0. The number of nitrogens with zero attached hydrogens (tertiary/aromatic N) is 2. The second kappa shape index (κ2) is 6.33. The van der Waals surface area contributed by atoms with E-state index >= 15 is 0 Å². The molecule has 2 N–H and O–H groups in total. The first-order chi connectivity index (χ1) is 13.0. The molecule has 2 heterocycles. The molecular weight excluding hydrogens is 350 g/mol.